The molecule has 3 aliphatic heterocycles. The van der Waals surface area contributed by atoms with Crippen molar-refractivity contribution >= 4 is 11.1 Å². The van der Waals surface area contributed by atoms with Gasteiger partial charge in [-0.2, -0.15) is 0 Å². The van der Waals surface area contributed by atoms with E-state index in [1.807, 2.05) is 46.8 Å². The van der Waals surface area contributed by atoms with Gasteiger partial charge < -0.3 is 23.7 Å². The van der Waals surface area contributed by atoms with E-state index in [1.54, 1.807) is 12.1 Å². The van der Waals surface area contributed by atoms with E-state index in [9.17, 15) is 4.21 Å². The standard InChI is InChI=1S/C19H26O7S/c1-11-6-8-12(9-7-11)27(20)26-15-14(13-10-21-18(2,3)23-13)22-17-16(15)24-19(4,5)25-17/h6-9,13-17H,10H2,1-5H3/t13-,14+,15-,16+,17+,27-/m0/s1. The molecule has 150 valence electrons. The molecule has 0 saturated carbocycles. The van der Waals surface area contributed by atoms with E-state index in [0.717, 1.165) is 5.56 Å². The third kappa shape index (κ3) is 3.98. The second-order valence-electron chi connectivity index (χ2n) is 8.04. The van der Waals surface area contributed by atoms with Crippen molar-refractivity contribution < 1.29 is 32.1 Å². The number of fused-ring (bicyclic) bond motifs is 1. The zero-order chi connectivity index (χ0) is 19.4. The topological polar surface area (TPSA) is 72.5 Å². The maximum Gasteiger partial charge on any atom is 0.190 e. The average Bonchev–Trinajstić information content (AvgIpc) is 3.18. The SMILES string of the molecule is Cc1ccc([S@@](=O)O[C@@H]2[C@H]3OC(C)(C)O[C@H]3O[C@@H]2[C@@H]2COC(C)(C)O2)cc1. The van der Waals surface area contributed by atoms with Gasteiger partial charge in [-0.3, -0.25) is 4.18 Å². The first kappa shape index (κ1) is 19.4. The quantitative estimate of drug-likeness (QED) is 0.771. The van der Waals surface area contributed by atoms with Crippen LogP contribution in [-0.2, 0) is 38.9 Å². The molecule has 0 spiro atoms. The summed E-state index contributed by atoms with van der Waals surface area (Å²) in [6, 6.07) is 7.39. The highest BCUT2D eigenvalue weighted by Crippen LogP contribution is 2.42. The Balaban J connectivity index is 1.55. The molecule has 8 heteroatoms. The van der Waals surface area contributed by atoms with Crippen molar-refractivity contribution in [2.24, 2.45) is 0 Å². The lowest BCUT2D eigenvalue weighted by molar-refractivity contribution is -0.230. The number of hydrogen-bond acceptors (Lipinski definition) is 7. The molecule has 0 radical (unpaired) electrons. The summed E-state index contributed by atoms with van der Waals surface area (Å²) in [4.78, 5) is 0.588. The first-order valence-electron chi connectivity index (χ1n) is 9.12. The van der Waals surface area contributed by atoms with E-state index in [-0.39, 0.29) is 6.10 Å². The maximum absolute atomic E-state index is 12.8. The summed E-state index contributed by atoms with van der Waals surface area (Å²) >= 11 is -1.67. The molecule has 7 nitrogen and oxygen atoms in total. The summed E-state index contributed by atoms with van der Waals surface area (Å²) in [5.74, 6) is -1.49. The highest BCUT2D eigenvalue weighted by molar-refractivity contribution is 7.80. The van der Waals surface area contributed by atoms with E-state index in [1.165, 1.54) is 0 Å². The average molecular weight is 398 g/mol. The lowest BCUT2D eigenvalue weighted by atomic mass is 10.1. The Kier molecular flexibility index (Phi) is 4.95. The monoisotopic (exact) mass is 398 g/mol. The fourth-order valence-electron chi connectivity index (χ4n) is 3.60. The van der Waals surface area contributed by atoms with E-state index in [4.69, 9.17) is 27.9 Å². The highest BCUT2D eigenvalue weighted by Gasteiger charge is 2.59. The number of benzene rings is 1. The van der Waals surface area contributed by atoms with Crippen molar-refractivity contribution in [3.05, 3.63) is 29.8 Å². The van der Waals surface area contributed by atoms with Crippen LogP contribution in [0.4, 0.5) is 0 Å². The normalized spacial score (nSPS) is 38.0. The number of aryl methyl sites for hydroxylation is 1. The second-order valence-corrected chi connectivity index (χ2v) is 9.18. The third-order valence-corrected chi connectivity index (χ3v) is 5.89. The summed E-state index contributed by atoms with van der Waals surface area (Å²) in [5, 5.41) is 0. The van der Waals surface area contributed by atoms with Crippen molar-refractivity contribution in [2.75, 3.05) is 6.61 Å². The maximum atomic E-state index is 12.8. The van der Waals surface area contributed by atoms with Crippen LogP contribution >= 0.6 is 0 Å². The molecule has 3 fully saturated rings. The summed E-state index contributed by atoms with van der Waals surface area (Å²) < 4.78 is 48.2. The molecule has 1 aromatic carbocycles. The van der Waals surface area contributed by atoms with Crippen LogP contribution in [0.15, 0.2) is 29.2 Å². The van der Waals surface area contributed by atoms with Crippen LogP contribution in [0.1, 0.15) is 33.3 Å². The minimum Gasteiger partial charge on any atom is -0.348 e. The summed E-state index contributed by atoms with van der Waals surface area (Å²) in [5.41, 5.74) is 1.09. The number of hydrogen-bond donors (Lipinski definition) is 0. The van der Waals surface area contributed by atoms with E-state index in [2.05, 4.69) is 0 Å². The van der Waals surface area contributed by atoms with Gasteiger partial charge >= 0.3 is 0 Å². The van der Waals surface area contributed by atoms with Crippen LogP contribution in [0, 0.1) is 6.92 Å². The Morgan fingerprint density at radius 1 is 1.00 bits per heavy atom. The van der Waals surface area contributed by atoms with Crippen molar-refractivity contribution in [1.82, 2.24) is 0 Å². The first-order valence-corrected chi connectivity index (χ1v) is 10.2. The Bertz CT molecular complexity index is 717. The van der Waals surface area contributed by atoms with Crippen LogP contribution in [-0.4, -0.2) is 53.1 Å². The molecular weight excluding hydrogens is 372 g/mol. The fraction of sp³-hybridized carbons (Fsp3) is 0.684. The molecule has 27 heavy (non-hydrogen) atoms. The minimum atomic E-state index is -1.67. The van der Waals surface area contributed by atoms with Gasteiger partial charge in [0.1, 0.15) is 24.4 Å². The number of ether oxygens (including phenoxy) is 5. The van der Waals surface area contributed by atoms with Gasteiger partial charge in [0.05, 0.1) is 11.5 Å². The lowest BCUT2D eigenvalue weighted by Gasteiger charge is -2.28. The summed E-state index contributed by atoms with van der Waals surface area (Å²) in [6.07, 6.45) is -2.57. The molecule has 0 bridgehead atoms. The molecule has 3 heterocycles. The van der Waals surface area contributed by atoms with Gasteiger partial charge in [0.15, 0.2) is 28.9 Å². The summed E-state index contributed by atoms with van der Waals surface area (Å²) in [7, 11) is 0. The van der Waals surface area contributed by atoms with Gasteiger partial charge in [0, 0.05) is 0 Å². The molecule has 3 aliphatic rings. The van der Waals surface area contributed by atoms with Crippen LogP contribution < -0.4 is 0 Å². The molecule has 4 rings (SSSR count). The minimum absolute atomic E-state index is 0.359. The molecule has 0 aliphatic carbocycles. The van der Waals surface area contributed by atoms with Crippen LogP contribution in [0.2, 0.25) is 0 Å². The fourth-order valence-corrected chi connectivity index (χ4v) is 4.49. The Hall–Kier alpha value is -0.870. The van der Waals surface area contributed by atoms with Gasteiger partial charge in [0.2, 0.25) is 0 Å². The third-order valence-electron chi connectivity index (χ3n) is 4.84. The molecule has 6 atom stereocenters. The van der Waals surface area contributed by atoms with Crippen molar-refractivity contribution in [1.29, 1.82) is 0 Å². The zero-order valence-corrected chi connectivity index (χ0v) is 17.0. The van der Waals surface area contributed by atoms with Crippen LogP contribution in [0.25, 0.3) is 0 Å². The molecule has 3 saturated heterocycles. The van der Waals surface area contributed by atoms with Crippen molar-refractivity contribution in [2.45, 2.75) is 81.8 Å². The second kappa shape index (κ2) is 6.88. The van der Waals surface area contributed by atoms with Crippen molar-refractivity contribution in [3.63, 3.8) is 0 Å². The first-order chi connectivity index (χ1) is 12.6. The Labute approximate surface area is 161 Å². The predicted octanol–water partition coefficient (Wildman–Crippen LogP) is 2.43. The van der Waals surface area contributed by atoms with Crippen molar-refractivity contribution in [3.8, 4) is 0 Å². The largest absolute Gasteiger partial charge is 0.348 e. The van der Waals surface area contributed by atoms with Gasteiger partial charge in [0.25, 0.3) is 0 Å². The van der Waals surface area contributed by atoms with E-state index >= 15 is 0 Å². The predicted molar refractivity (Wildman–Crippen MR) is 96.1 cm³/mol. The molecule has 0 N–H and O–H groups in total. The molecular formula is C19H26O7S. The van der Waals surface area contributed by atoms with Gasteiger partial charge in [-0.05, 0) is 46.8 Å². The van der Waals surface area contributed by atoms with E-state index < -0.39 is 47.3 Å². The Morgan fingerprint density at radius 3 is 2.33 bits per heavy atom. The smallest absolute Gasteiger partial charge is 0.190 e. The molecule has 0 unspecified atom stereocenters. The van der Waals surface area contributed by atoms with Gasteiger partial charge in [-0.15, -0.1) is 0 Å². The van der Waals surface area contributed by atoms with Crippen LogP contribution in [0.5, 0.6) is 0 Å². The molecule has 0 amide bonds. The van der Waals surface area contributed by atoms with Gasteiger partial charge in [-0.1, -0.05) is 17.7 Å². The zero-order valence-electron chi connectivity index (χ0n) is 16.2. The van der Waals surface area contributed by atoms with Gasteiger partial charge in [-0.25, -0.2) is 4.21 Å². The van der Waals surface area contributed by atoms with Crippen LogP contribution in [0.3, 0.4) is 0 Å². The molecule has 1 aromatic rings. The Morgan fingerprint density at radius 2 is 1.70 bits per heavy atom. The lowest BCUT2D eigenvalue weighted by Crippen LogP contribution is -2.44. The number of rotatable bonds is 4. The highest BCUT2D eigenvalue weighted by atomic mass is 32.2. The molecule has 0 aromatic heterocycles. The summed E-state index contributed by atoms with van der Waals surface area (Å²) in [6.45, 7) is 9.66. The van der Waals surface area contributed by atoms with E-state index in [0.29, 0.717) is 11.5 Å².